The first-order valence-corrected chi connectivity index (χ1v) is 8.08. The van der Waals surface area contributed by atoms with Crippen molar-refractivity contribution in [3.05, 3.63) is 22.4 Å². The van der Waals surface area contributed by atoms with Crippen LogP contribution in [0, 0.1) is 5.92 Å². The lowest BCUT2D eigenvalue weighted by molar-refractivity contribution is 0.299. The van der Waals surface area contributed by atoms with Crippen molar-refractivity contribution in [3.8, 4) is 0 Å². The van der Waals surface area contributed by atoms with E-state index in [4.69, 9.17) is 0 Å². The highest BCUT2D eigenvalue weighted by Gasteiger charge is 2.23. The van der Waals surface area contributed by atoms with Gasteiger partial charge in [-0.25, -0.2) is 0 Å². The van der Waals surface area contributed by atoms with E-state index < -0.39 is 0 Å². The lowest BCUT2D eigenvalue weighted by Gasteiger charge is -2.27. The van der Waals surface area contributed by atoms with Gasteiger partial charge in [0.15, 0.2) is 0 Å². The highest BCUT2D eigenvalue weighted by Crippen LogP contribution is 2.36. The maximum atomic E-state index is 4.31. The number of aromatic nitrogens is 2. The Hall–Kier alpha value is -0.440. The van der Waals surface area contributed by atoms with Gasteiger partial charge >= 0.3 is 0 Å². The van der Waals surface area contributed by atoms with E-state index >= 15 is 0 Å². The summed E-state index contributed by atoms with van der Waals surface area (Å²) in [7, 11) is 0. The van der Waals surface area contributed by atoms with Gasteiger partial charge in [-0.2, -0.15) is 5.10 Å². The standard InChI is InChI=1S/C15H23BrN2/c1-2-3-4-5-12-6-8-13(9-7-12)14-10-11-15(16)18-17-14/h10-13H,2-9H2,1H3. The topological polar surface area (TPSA) is 25.8 Å². The van der Waals surface area contributed by atoms with Gasteiger partial charge in [0.2, 0.25) is 0 Å². The Balaban J connectivity index is 1.77. The second-order valence-electron chi connectivity index (χ2n) is 5.49. The van der Waals surface area contributed by atoms with E-state index in [1.807, 2.05) is 6.07 Å². The van der Waals surface area contributed by atoms with E-state index in [-0.39, 0.29) is 0 Å². The van der Waals surface area contributed by atoms with Crippen LogP contribution >= 0.6 is 15.9 Å². The molecule has 0 saturated heterocycles. The highest BCUT2D eigenvalue weighted by molar-refractivity contribution is 9.10. The van der Waals surface area contributed by atoms with Crippen LogP contribution in [0.5, 0.6) is 0 Å². The second kappa shape index (κ2) is 7.22. The van der Waals surface area contributed by atoms with Gasteiger partial charge in [0.1, 0.15) is 4.60 Å². The van der Waals surface area contributed by atoms with Crippen LogP contribution in [-0.2, 0) is 0 Å². The quantitative estimate of drug-likeness (QED) is 0.708. The third-order valence-electron chi connectivity index (χ3n) is 4.13. The molecule has 0 unspecified atom stereocenters. The Morgan fingerprint density at radius 2 is 1.89 bits per heavy atom. The molecule has 0 atom stereocenters. The largest absolute Gasteiger partial charge is 0.154 e. The molecule has 1 heterocycles. The summed E-state index contributed by atoms with van der Waals surface area (Å²) >= 11 is 3.34. The number of hydrogen-bond donors (Lipinski definition) is 0. The molecular weight excluding hydrogens is 288 g/mol. The first kappa shape index (κ1) is 14.0. The number of hydrogen-bond acceptors (Lipinski definition) is 2. The highest BCUT2D eigenvalue weighted by atomic mass is 79.9. The van der Waals surface area contributed by atoms with Gasteiger partial charge in [-0.05, 0) is 59.7 Å². The van der Waals surface area contributed by atoms with Gasteiger partial charge < -0.3 is 0 Å². The minimum atomic E-state index is 0.646. The summed E-state index contributed by atoms with van der Waals surface area (Å²) < 4.78 is 0.833. The molecule has 1 aliphatic carbocycles. The Kier molecular flexibility index (Phi) is 5.61. The molecular formula is C15H23BrN2. The molecule has 3 heteroatoms. The number of nitrogens with zero attached hydrogens (tertiary/aromatic N) is 2. The molecule has 1 fully saturated rings. The lowest BCUT2D eigenvalue weighted by Crippen LogP contribution is -2.14. The maximum Gasteiger partial charge on any atom is 0.128 e. The van der Waals surface area contributed by atoms with Gasteiger partial charge in [-0.1, -0.05) is 32.6 Å². The van der Waals surface area contributed by atoms with Crippen LogP contribution in [0.3, 0.4) is 0 Å². The van der Waals surface area contributed by atoms with Crippen LogP contribution < -0.4 is 0 Å². The Labute approximate surface area is 119 Å². The summed E-state index contributed by atoms with van der Waals surface area (Å²) in [5.74, 6) is 1.62. The number of rotatable bonds is 5. The van der Waals surface area contributed by atoms with Crippen LogP contribution in [-0.4, -0.2) is 10.2 Å². The maximum absolute atomic E-state index is 4.31. The van der Waals surface area contributed by atoms with Gasteiger partial charge in [0, 0.05) is 5.92 Å². The molecule has 0 radical (unpaired) electrons. The number of halogens is 1. The van der Waals surface area contributed by atoms with Crippen molar-refractivity contribution in [1.29, 1.82) is 0 Å². The Bertz CT molecular complexity index is 342. The van der Waals surface area contributed by atoms with Crippen molar-refractivity contribution >= 4 is 15.9 Å². The SMILES string of the molecule is CCCCCC1CCC(c2ccc(Br)nn2)CC1. The fourth-order valence-corrected chi connectivity index (χ4v) is 3.19. The molecule has 0 bridgehead atoms. The Morgan fingerprint density at radius 3 is 2.50 bits per heavy atom. The van der Waals surface area contributed by atoms with Gasteiger partial charge in [-0.3, -0.25) is 0 Å². The normalized spacial score (nSPS) is 24.1. The van der Waals surface area contributed by atoms with Crippen molar-refractivity contribution in [3.63, 3.8) is 0 Å². The third-order valence-corrected chi connectivity index (χ3v) is 4.56. The van der Waals surface area contributed by atoms with Crippen LogP contribution in [0.15, 0.2) is 16.7 Å². The molecule has 0 spiro atoms. The average molecular weight is 311 g/mol. The van der Waals surface area contributed by atoms with Crippen molar-refractivity contribution in [1.82, 2.24) is 10.2 Å². The molecule has 18 heavy (non-hydrogen) atoms. The lowest BCUT2D eigenvalue weighted by atomic mass is 9.78. The first-order chi connectivity index (χ1) is 8.79. The van der Waals surface area contributed by atoms with Crippen molar-refractivity contribution < 1.29 is 0 Å². The molecule has 1 aromatic heterocycles. The van der Waals surface area contributed by atoms with Crippen LogP contribution in [0.1, 0.15) is 69.9 Å². The molecule has 0 N–H and O–H groups in total. The summed E-state index contributed by atoms with van der Waals surface area (Å²) in [4.78, 5) is 0. The summed E-state index contributed by atoms with van der Waals surface area (Å²) in [5, 5.41) is 8.41. The van der Waals surface area contributed by atoms with Crippen LogP contribution in [0.2, 0.25) is 0 Å². The fourth-order valence-electron chi connectivity index (χ4n) is 2.97. The summed E-state index contributed by atoms with van der Waals surface area (Å²) in [6.45, 7) is 2.28. The zero-order valence-corrected chi connectivity index (χ0v) is 12.8. The molecule has 0 aliphatic heterocycles. The zero-order chi connectivity index (χ0) is 12.8. The van der Waals surface area contributed by atoms with Crippen molar-refractivity contribution in [2.24, 2.45) is 5.92 Å². The van der Waals surface area contributed by atoms with E-state index in [9.17, 15) is 0 Å². The van der Waals surface area contributed by atoms with E-state index in [0.717, 1.165) is 10.5 Å². The Morgan fingerprint density at radius 1 is 1.11 bits per heavy atom. The van der Waals surface area contributed by atoms with Crippen LogP contribution in [0.4, 0.5) is 0 Å². The minimum Gasteiger partial charge on any atom is -0.154 e. The molecule has 1 aliphatic rings. The predicted molar refractivity (Wildman–Crippen MR) is 78.6 cm³/mol. The molecule has 1 saturated carbocycles. The molecule has 1 aromatic rings. The van der Waals surface area contributed by atoms with Gasteiger partial charge in [0.25, 0.3) is 0 Å². The van der Waals surface area contributed by atoms with Gasteiger partial charge in [0.05, 0.1) is 5.69 Å². The molecule has 100 valence electrons. The molecule has 2 rings (SSSR count). The average Bonchev–Trinajstić information content (AvgIpc) is 2.41. The van der Waals surface area contributed by atoms with Crippen LogP contribution in [0.25, 0.3) is 0 Å². The van der Waals surface area contributed by atoms with E-state index in [1.54, 1.807) is 0 Å². The smallest absolute Gasteiger partial charge is 0.128 e. The summed E-state index contributed by atoms with van der Waals surface area (Å²) in [5.41, 5.74) is 1.19. The second-order valence-corrected chi connectivity index (χ2v) is 6.31. The number of unbranched alkanes of at least 4 members (excludes halogenated alkanes) is 2. The molecule has 2 nitrogen and oxygen atoms in total. The van der Waals surface area contributed by atoms with E-state index in [1.165, 1.54) is 57.1 Å². The summed E-state index contributed by atoms with van der Waals surface area (Å²) in [6, 6.07) is 4.13. The van der Waals surface area contributed by atoms with Crippen molar-refractivity contribution in [2.45, 2.75) is 64.2 Å². The minimum absolute atomic E-state index is 0.646. The molecule has 0 aromatic carbocycles. The van der Waals surface area contributed by atoms with E-state index in [0.29, 0.717) is 5.92 Å². The monoisotopic (exact) mass is 310 g/mol. The summed E-state index contributed by atoms with van der Waals surface area (Å²) in [6.07, 6.45) is 11.0. The zero-order valence-electron chi connectivity index (χ0n) is 11.2. The first-order valence-electron chi connectivity index (χ1n) is 7.28. The van der Waals surface area contributed by atoms with E-state index in [2.05, 4.69) is 39.1 Å². The van der Waals surface area contributed by atoms with Crippen molar-refractivity contribution in [2.75, 3.05) is 0 Å². The predicted octanol–water partition coefficient (Wildman–Crippen LogP) is 5.09. The fraction of sp³-hybridized carbons (Fsp3) is 0.733. The van der Waals surface area contributed by atoms with Gasteiger partial charge in [-0.15, -0.1) is 5.10 Å². The molecule has 0 amide bonds. The third kappa shape index (κ3) is 4.04.